The lowest BCUT2D eigenvalue weighted by Crippen LogP contribution is -2.33. The maximum atomic E-state index is 5.99. The first-order valence-electron chi connectivity index (χ1n) is 7.48. The van der Waals surface area contributed by atoms with Crippen molar-refractivity contribution in [3.05, 3.63) is 40.7 Å². The molecule has 1 aromatic carbocycles. The first-order chi connectivity index (χ1) is 11.1. The quantitative estimate of drug-likeness (QED) is 0.768. The molecule has 122 valence electrons. The lowest BCUT2D eigenvalue weighted by molar-refractivity contribution is 0.408. The second-order valence-corrected chi connectivity index (χ2v) is 6.03. The Bertz CT molecular complexity index is 661. The number of benzene rings is 1. The van der Waals surface area contributed by atoms with Gasteiger partial charge >= 0.3 is 0 Å². The van der Waals surface area contributed by atoms with Crippen LogP contribution in [-0.2, 0) is 6.54 Å². The highest BCUT2D eigenvalue weighted by Crippen LogP contribution is 2.12. The zero-order valence-corrected chi connectivity index (χ0v) is 13.9. The Morgan fingerprint density at radius 3 is 2.65 bits per heavy atom. The molecule has 0 spiro atoms. The summed E-state index contributed by atoms with van der Waals surface area (Å²) in [6, 6.07) is 8.30. The molecule has 1 aliphatic rings. The number of aromatic nitrogens is 3. The summed E-state index contributed by atoms with van der Waals surface area (Å²) < 4.78 is 0. The van der Waals surface area contributed by atoms with E-state index < -0.39 is 0 Å². The Morgan fingerprint density at radius 1 is 1.22 bits per heavy atom. The van der Waals surface area contributed by atoms with Gasteiger partial charge in [0.25, 0.3) is 0 Å². The van der Waals surface area contributed by atoms with Crippen LogP contribution in [0, 0.1) is 6.92 Å². The molecule has 0 amide bonds. The SMILES string of the molecule is Cc1ccc(CNc2nc(Cl)nc(NC3CN(C)CN3)n2)cc1. The number of hydrogen-bond donors (Lipinski definition) is 3. The third-order valence-corrected chi connectivity index (χ3v) is 3.75. The van der Waals surface area contributed by atoms with Crippen LogP contribution in [0.5, 0.6) is 0 Å². The van der Waals surface area contributed by atoms with Crippen molar-refractivity contribution >= 4 is 23.5 Å². The van der Waals surface area contributed by atoms with Gasteiger partial charge in [-0.1, -0.05) is 29.8 Å². The third-order valence-electron chi connectivity index (χ3n) is 3.58. The Balaban J connectivity index is 1.64. The number of anilines is 2. The molecule has 1 aromatic heterocycles. The van der Waals surface area contributed by atoms with Crippen molar-refractivity contribution in [3.8, 4) is 0 Å². The fourth-order valence-electron chi connectivity index (χ4n) is 2.34. The van der Waals surface area contributed by atoms with E-state index in [1.807, 2.05) is 7.05 Å². The molecule has 2 heterocycles. The van der Waals surface area contributed by atoms with Gasteiger partial charge in [-0.3, -0.25) is 10.2 Å². The molecule has 1 atom stereocenters. The average molecular weight is 334 g/mol. The third kappa shape index (κ3) is 4.51. The largest absolute Gasteiger partial charge is 0.350 e. The fraction of sp³-hybridized carbons (Fsp3) is 0.400. The monoisotopic (exact) mass is 333 g/mol. The van der Waals surface area contributed by atoms with E-state index in [0.29, 0.717) is 18.4 Å². The summed E-state index contributed by atoms with van der Waals surface area (Å²) in [5.74, 6) is 0.920. The zero-order chi connectivity index (χ0) is 16.2. The fourth-order valence-corrected chi connectivity index (χ4v) is 2.50. The summed E-state index contributed by atoms with van der Waals surface area (Å²) in [5.41, 5.74) is 2.39. The molecular weight excluding hydrogens is 314 g/mol. The predicted molar refractivity (Wildman–Crippen MR) is 91.4 cm³/mol. The minimum absolute atomic E-state index is 0.100. The number of aryl methyl sites for hydroxylation is 1. The summed E-state index contributed by atoms with van der Waals surface area (Å²) in [6.45, 7) is 4.39. The molecule has 3 N–H and O–H groups in total. The van der Waals surface area contributed by atoms with Gasteiger partial charge in [0.1, 0.15) is 0 Å². The van der Waals surface area contributed by atoms with E-state index in [0.717, 1.165) is 18.8 Å². The van der Waals surface area contributed by atoms with Gasteiger partial charge in [0.15, 0.2) is 0 Å². The first-order valence-corrected chi connectivity index (χ1v) is 7.86. The molecule has 1 aliphatic heterocycles. The summed E-state index contributed by atoms with van der Waals surface area (Å²) in [6.07, 6.45) is 0.100. The molecule has 1 unspecified atom stereocenters. The Labute approximate surface area is 140 Å². The predicted octanol–water partition coefficient (Wildman–Crippen LogP) is 1.68. The molecule has 0 bridgehead atoms. The number of nitrogens with one attached hydrogen (secondary N) is 3. The number of rotatable bonds is 5. The Kier molecular flexibility index (Phi) is 4.90. The van der Waals surface area contributed by atoms with Gasteiger partial charge in [-0.25, -0.2) is 0 Å². The lowest BCUT2D eigenvalue weighted by atomic mass is 10.1. The van der Waals surface area contributed by atoms with Crippen LogP contribution in [0.1, 0.15) is 11.1 Å². The van der Waals surface area contributed by atoms with E-state index in [9.17, 15) is 0 Å². The maximum absolute atomic E-state index is 5.99. The van der Waals surface area contributed by atoms with E-state index in [1.165, 1.54) is 5.56 Å². The molecule has 8 heteroatoms. The highest BCUT2D eigenvalue weighted by atomic mass is 35.5. The molecule has 1 fully saturated rings. The molecule has 3 rings (SSSR count). The number of halogens is 1. The van der Waals surface area contributed by atoms with Crippen molar-refractivity contribution in [2.75, 3.05) is 30.9 Å². The van der Waals surface area contributed by atoms with Crippen molar-refractivity contribution in [1.82, 2.24) is 25.2 Å². The highest BCUT2D eigenvalue weighted by Gasteiger charge is 2.19. The van der Waals surface area contributed by atoms with Crippen LogP contribution >= 0.6 is 11.6 Å². The zero-order valence-electron chi connectivity index (χ0n) is 13.2. The highest BCUT2D eigenvalue weighted by molar-refractivity contribution is 6.28. The second-order valence-electron chi connectivity index (χ2n) is 5.69. The van der Waals surface area contributed by atoms with Crippen LogP contribution in [0.15, 0.2) is 24.3 Å². The topological polar surface area (TPSA) is 78.0 Å². The molecule has 2 aromatic rings. The van der Waals surface area contributed by atoms with Gasteiger partial charge in [-0.05, 0) is 31.1 Å². The van der Waals surface area contributed by atoms with Gasteiger partial charge in [-0.2, -0.15) is 15.0 Å². The minimum atomic E-state index is 0.100. The van der Waals surface area contributed by atoms with Gasteiger partial charge in [0.05, 0.1) is 6.17 Å². The van der Waals surface area contributed by atoms with E-state index in [-0.39, 0.29) is 11.4 Å². The van der Waals surface area contributed by atoms with Crippen molar-refractivity contribution in [2.24, 2.45) is 0 Å². The van der Waals surface area contributed by atoms with Crippen LogP contribution in [0.3, 0.4) is 0 Å². The van der Waals surface area contributed by atoms with Crippen molar-refractivity contribution in [1.29, 1.82) is 0 Å². The van der Waals surface area contributed by atoms with Crippen LogP contribution in [0.25, 0.3) is 0 Å². The molecule has 0 radical (unpaired) electrons. The van der Waals surface area contributed by atoms with E-state index in [4.69, 9.17) is 11.6 Å². The summed E-state index contributed by atoms with van der Waals surface area (Å²) in [4.78, 5) is 14.8. The van der Waals surface area contributed by atoms with Crippen molar-refractivity contribution < 1.29 is 0 Å². The molecule has 0 saturated carbocycles. The van der Waals surface area contributed by atoms with Gasteiger partial charge in [0, 0.05) is 19.8 Å². The van der Waals surface area contributed by atoms with E-state index in [1.54, 1.807) is 0 Å². The normalized spacial score (nSPS) is 18.1. The van der Waals surface area contributed by atoms with Crippen LogP contribution in [0.2, 0.25) is 5.28 Å². The number of hydrogen-bond acceptors (Lipinski definition) is 7. The van der Waals surface area contributed by atoms with E-state index in [2.05, 4.69) is 67.0 Å². The van der Waals surface area contributed by atoms with E-state index >= 15 is 0 Å². The van der Waals surface area contributed by atoms with Crippen LogP contribution in [-0.4, -0.2) is 46.3 Å². The summed E-state index contributed by atoms with van der Waals surface area (Å²) in [7, 11) is 2.05. The second kappa shape index (κ2) is 7.08. The van der Waals surface area contributed by atoms with Gasteiger partial charge in [-0.15, -0.1) is 0 Å². The number of likely N-dealkylation sites (N-methyl/N-ethyl adjacent to an activating group) is 1. The Morgan fingerprint density at radius 2 is 1.96 bits per heavy atom. The molecule has 0 aliphatic carbocycles. The maximum Gasteiger partial charge on any atom is 0.230 e. The summed E-state index contributed by atoms with van der Waals surface area (Å²) in [5, 5.41) is 9.87. The van der Waals surface area contributed by atoms with Gasteiger partial charge in [0.2, 0.25) is 17.2 Å². The lowest BCUT2D eigenvalue weighted by Gasteiger charge is -2.13. The van der Waals surface area contributed by atoms with Crippen LogP contribution in [0.4, 0.5) is 11.9 Å². The standard InChI is InChI=1S/C15H20ClN7/c1-10-3-5-11(6-4-10)7-17-14-20-13(16)21-15(22-14)19-12-8-23(2)9-18-12/h3-6,12,18H,7-9H2,1-2H3,(H2,17,19,20,21,22). The van der Waals surface area contributed by atoms with Crippen molar-refractivity contribution in [3.63, 3.8) is 0 Å². The number of nitrogens with zero attached hydrogens (tertiary/aromatic N) is 4. The molecule has 23 heavy (non-hydrogen) atoms. The molecule has 1 saturated heterocycles. The smallest absolute Gasteiger partial charge is 0.230 e. The first kappa shape index (κ1) is 15.9. The summed E-state index contributed by atoms with van der Waals surface area (Å²) >= 11 is 5.99. The Hall–Kier alpha value is -1.96. The average Bonchev–Trinajstić information content (AvgIpc) is 2.91. The minimum Gasteiger partial charge on any atom is -0.350 e. The molecular formula is C15H20ClN7. The van der Waals surface area contributed by atoms with Crippen LogP contribution < -0.4 is 16.0 Å². The molecule has 7 nitrogen and oxygen atoms in total. The van der Waals surface area contributed by atoms with Crippen molar-refractivity contribution in [2.45, 2.75) is 19.6 Å². The van der Waals surface area contributed by atoms with Gasteiger partial charge < -0.3 is 10.6 Å².